The zero-order valence-corrected chi connectivity index (χ0v) is 10.7. The van der Waals surface area contributed by atoms with E-state index >= 15 is 0 Å². The van der Waals surface area contributed by atoms with Gasteiger partial charge < -0.3 is 0 Å². The molecule has 2 aromatic rings. The van der Waals surface area contributed by atoms with Crippen molar-refractivity contribution in [3.63, 3.8) is 0 Å². The molecule has 86 valence electrons. The molecule has 3 heteroatoms. The predicted molar refractivity (Wildman–Crippen MR) is 65.8 cm³/mol. The van der Waals surface area contributed by atoms with Crippen molar-refractivity contribution in [2.75, 3.05) is 0 Å². The first kappa shape index (κ1) is 11.1. The topological polar surface area (TPSA) is 30.2 Å². The summed E-state index contributed by atoms with van der Waals surface area (Å²) >= 11 is 0. The molecule has 16 heavy (non-hydrogen) atoms. The lowest BCUT2D eigenvalue weighted by Crippen LogP contribution is -2.10. The molecule has 0 atom stereocenters. The van der Waals surface area contributed by atoms with E-state index < -0.39 is 0 Å². The molecule has 3 nitrogen and oxygen atoms in total. The molecule has 0 amide bonds. The van der Waals surface area contributed by atoms with Crippen molar-refractivity contribution in [1.82, 2.24) is 14.6 Å². The Kier molecular flexibility index (Phi) is 2.49. The van der Waals surface area contributed by atoms with Gasteiger partial charge in [0.05, 0.1) is 11.7 Å². The molecule has 0 fully saturated rings. The van der Waals surface area contributed by atoms with E-state index in [1.165, 1.54) is 11.1 Å². The van der Waals surface area contributed by atoms with E-state index in [2.05, 4.69) is 50.8 Å². The third-order valence-electron chi connectivity index (χ3n) is 2.83. The van der Waals surface area contributed by atoms with Crippen molar-refractivity contribution >= 4 is 5.52 Å². The van der Waals surface area contributed by atoms with Crippen molar-refractivity contribution < 1.29 is 0 Å². The van der Waals surface area contributed by atoms with E-state index in [1.807, 2.05) is 10.7 Å². The Bertz CT molecular complexity index is 503. The Labute approximate surface area is 96.5 Å². The van der Waals surface area contributed by atoms with Gasteiger partial charge >= 0.3 is 0 Å². The molecule has 2 rings (SSSR count). The van der Waals surface area contributed by atoms with E-state index in [-0.39, 0.29) is 5.41 Å². The summed E-state index contributed by atoms with van der Waals surface area (Å²) in [5.41, 5.74) is 3.69. The zero-order chi connectivity index (χ0) is 11.9. The Morgan fingerprint density at radius 1 is 1.25 bits per heavy atom. The van der Waals surface area contributed by atoms with Crippen LogP contribution in [0.15, 0.2) is 18.6 Å². The van der Waals surface area contributed by atoms with E-state index in [0.717, 1.165) is 5.69 Å². The van der Waals surface area contributed by atoms with Crippen molar-refractivity contribution in [2.45, 2.75) is 46.0 Å². The van der Waals surface area contributed by atoms with Gasteiger partial charge in [0.1, 0.15) is 6.33 Å². The van der Waals surface area contributed by atoms with Gasteiger partial charge in [-0.25, -0.2) is 9.50 Å². The number of nitrogens with zero attached hydrogens (tertiary/aromatic N) is 3. The number of hydrogen-bond acceptors (Lipinski definition) is 2. The highest BCUT2D eigenvalue weighted by atomic mass is 15.2. The van der Waals surface area contributed by atoms with E-state index in [0.29, 0.717) is 5.92 Å². The SMILES string of the molecule is CC(C)c1cc2c(C(C)(C)C)cnn2cn1. The minimum absolute atomic E-state index is 0.122. The molecule has 0 saturated carbocycles. The predicted octanol–water partition coefficient (Wildman–Crippen LogP) is 3.15. The maximum atomic E-state index is 4.40. The number of hydrogen-bond donors (Lipinski definition) is 0. The molecule has 0 N–H and O–H groups in total. The van der Waals surface area contributed by atoms with Gasteiger partial charge in [-0.05, 0) is 17.4 Å². The van der Waals surface area contributed by atoms with Crippen LogP contribution in [-0.2, 0) is 5.41 Å². The van der Waals surface area contributed by atoms with Gasteiger partial charge in [-0.1, -0.05) is 34.6 Å². The van der Waals surface area contributed by atoms with Crippen LogP contribution in [0.3, 0.4) is 0 Å². The Balaban J connectivity index is 2.65. The number of fused-ring (bicyclic) bond motifs is 1. The van der Waals surface area contributed by atoms with E-state index in [9.17, 15) is 0 Å². The fraction of sp³-hybridized carbons (Fsp3) is 0.538. The Morgan fingerprint density at radius 2 is 1.94 bits per heavy atom. The molecule has 2 heterocycles. The maximum absolute atomic E-state index is 4.40. The first-order chi connectivity index (χ1) is 7.39. The van der Waals surface area contributed by atoms with Crippen molar-refractivity contribution in [2.24, 2.45) is 0 Å². The van der Waals surface area contributed by atoms with Gasteiger partial charge in [-0.3, -0.25) is 0 Å². The van der Waals surface area contributed by atoms with Gasteiger partial charge in [0.15, 0.2) is 0 Å². The van der Waals surface area contributed by atoms with Crippen LogP contribution >= 0.6 is 0 Å². The molecule has 0 saturated heterocycles. The fourth-order valence-electron chi connectivity index (χ4n) is 1.80. The average molecular weight is 217 g/mol. The molecule has 2 aromatic heterocycles. The lowest BCUT2D eigenvalue weighted by Gasteiger charge is -2.17. The number of rotatable bonds is 1. The largest absolute Gasteiger partial charge is 0.241 e. The summed E-state index contributed by atoms with van der Waals surface area (Å²) in [4.78, 5) is 4.40. The molecule has 0 aromatic carbocycles. The molecular weight excluding hydrogens is 198 g/mol. The molecular formula is C13H19N3. The third kappa shape index (κ3) is 1.82. The highest BCUT2D eigenvalue weighted by Gasteiger charge is 2.19. The minimum Gasteiger partial charge on any atom is -0.241 e. The van der Waals surface area contributed by atoms with Crippen LogP contribution in [0.25, 0.3) is 5.52 Å². The number of aromatic nitrogens is 3. The van der Waals surface area contributed by atoms with Crippen molar-refractivity contribution in [3.8, 4) is 0 Å². The Morgan fingerprint density at radius 3 is 2.50 bits per heavy atom. The van der Waals surface area contributed by atoms with Gasteiger partial charge in [-0.2, -0.15) is 5.10 Å². The second-order valence-electron chi connectivity index (χ2n) is 5.61. The highest BCUT2D eigenvalue weighted by Crippen LogP contribution is 2.27. The van der Waals surface area contributed by atoms with E-state index in [4.69, 9.17) is 0 Å². The summed E-state index contributed by atoms with van der Waals surface area (Å²) in [6.07, 6.45) is 3.75. The van der Waals surface area contributed by atoms with E-state index in [1.54, 1.807) is 6.33 Å². The normalized spacial score (nSPS) is 12.6. The van der Waals surface area contributed by atoms with Crippen LogP contribution in [0.5, 0.6) is 0 Å². The standard InChI is InChI=1S/C13H19N3/c1-9(2)11-6-12-10(13(3,4)5)7-15-16(12)8-14-11/h6-9H,1-5H3. The summed E-state index contributed by atoms with van der Waals surface area (Å²) in [6, 6.07) is 2.15. The van der Waals surface area contributed by atoms with Gasteiger partial charge in [-0.15, -0.1) is 0 Å². The monoisotopic (exact) mass is 217 g/mol. The van der Waals surface area contributed by atoms with Crippen LogP contribution < -0.4 is 0 Å². The molecule has 0 bridgehead atoms. The molecule has 0 aliphatic rings. The molecule has 0 unspecified atom stereocenters. The summed E-state index contributed by atoms with van der Waals surface area (Å²) < 4.78 is 1.85. The first-order valence-electron chi connectivity index (χ1n) is 5.73. The minimum atomic E-state index is 0.122. The van der Waals surface area contributed by atoms with Crippen molar-refractivity contribution in [3.05, 3.63) is 29.8 Å². The smallest absolute Gasteiger partial charge is 0.117 e. The summed E-state index contributed by atoms with van der Waals surface area (Å²) in [5, 5.41) is 4.34. The van der Waals surface area contributed by atoms with Gasteiger partial charge in [0.25, 0.3) is 0 Å². The quantitative estimate of drug-likeness (QED) is 0.734. The maximum Gasteiger partial charge on any atom is 0.117 e. The summed E-state index contributed by atoms with van der Waals surface area (Å²) in [6.45, 7) is 10.9. The average Bonchev–Trinajstić information content (AvgIpc) is 2.58. The second kappa shape index (κ2) is 3.58. The summed E-state index contributed by atoms with van der Waals surface area (Å²) in [5.74, 6) is 0.452. The molecule has 0 aliphatic heterocycles. The van der Waals surface area contributed by atoms with Crippen LogP contribution in [-0.4, -0.2) is 14.6 Å². The molecule has 0 aliphatic carbocycles. The van der Waals surface area contributed by atoms with Crippen LogP contribution in [0.2, 0.25) is 0 Å². The lowest BCUT2D eigenvalue weighted by atomic mass is 9.88. The van der Waals surface area contributed by atoms with Crippen LogP contribution in [0.1, 0.15) is 51.8 Å². The van der Waals surface area contributed by atoms with Crippen LogP contribution in [0.4, 0.5) is 0 Å². The van der Waals surface area contributed by atoms with Crippen LogP contribution in [0, 0.1) is 0 Å². The Hall–Kier alpha value is -1.38. The third-order valence-corrected chi connectivity index (χ3v) is 2.83. The van der Waals surface area contributed by atoms with Gasteiger partial charge in [0.2, 0.25) is 0 Å². The fourth-order valence-corrected chi connectivity index (χ4v) is 1.80. The van der Waals surface area contributed by atoms with Gasteiger partial charge in [0, 0.05) is 11.3 Å². The molecule has 0 radical (unpaired) electrons. The zero-order valence-electron chi connectivity index (χ0n) is 10.7. The highest BCUT2D eigenvalue weighted by molar-refractivity contribution is 5.57. The summed E-state index contributed by atoms with van der Waals surface area (Å²) in [7, 11) is 0. The second-order valence-corrected chi connectivity index (χ2v) is 5.61. The first-order valence-corrected chi connectivity index (χ1v) is 5.73. The van der Waals surface area contributed by atoms with Crippen molar-refractivity contribution in [1.29, 1.82) is 0 Å². The molecule has 0 spiro atoms. The lowest BCUT2D eigenvalue weighted by molar-refractivity contribution is 0.595.